The fraction of sp³-hybridized carbons (Fsp3) is 0.692. The van der Waals surface area contributed by atoms with Gasteiger partial charge in [-0.1, -0.05) is 13.8 Å². The molecule has 0 radical (unpaired) electrons. The van der Waals surface area contributed by atoms with Crippen molar-refractivity contribution in [1.82, 2.24) is 15.3 Å². The zero-order valence-corrected chi connectivity index (χ0v) is 11.3. The lowest BCUT2D eigenvalue weighted by Crippen LogP contribution is -2.20. The van der Waals surface area contributed by atoms with Crippen LogP contribution in [0.3, 0.4) is 0 Å². The van der Waals surface area contributed by atoms with Crippen LogP contribution in [0.2, 0.25) is 0 Å². The van der Waals surface area contributed by atoms with Crippen molar-refractivity contribution >= 4 is 0 Å². The maximum absolute atomic E-state index is 5.04. The summed E-state index contributed by atoms with van der Waals surface area (Å²) >= 11 is 0. The average molecular weight is 237 g/mol. The molecule has 0 aromatic carbocycles. The first-order valence-corrected chi connectivity index (χ1v) is 6.15. The van der Waals surface area contributed by atoms with Crippen LogP contribution in [0.25, 0.3) is 0 Å². The lowest BCUT2D eigenvalue weighted by molar-refractivity contribution is 0.200. The lowest BCUT2D eigenvalue weighted by Gasteiger charge is -2.09. The van der Waals surface area contributed by atoms with E-state index in [0.717, 1.165) is 36.7 Å². The number of nitrogens with one attached hydrogen (secondary N) is 1. The summed E-state index contributed by atoms with van der Waals surface area (Å²) in [4.78, 5) is 8.91. The molecule has 0 spiro atoms. The average Bonchev–Trinajstić information content (AvgIpc) is 2.25. The minimum absolute atomic E-state index is 0.658. The van der Waals surface area contributed by atoms with Crippen LogP contribution in [-0.2, 0) is 17.7 Å². The van der Waals surface area contributed by atoms with Gasteiger partial charge >= 0.3 is 0 Å². The number of methoxy groups -OCH3 is 1. The molecule has 4 nitrogen and oxygen atoms in total. The van der Waals surface area contributed by atoms with Crippen LogP contribution in [0.4, 0.5) is 0 Å². The maximum atomic E-state index is 5.04. The molecule has 4 heteroatoms. The Balaban J connectivity index is 2.55. The second kappa shape index (κ2) is 7.35. The Bertz CT molecular complexity index is 339. The highest BCUT2D eigenvalue weighted by Gasteiger charge is 2.02. The molecule has 0 unspecified atom stereocenters. The highest BCUT2D eigenvalue weighted by atomic mass is 16.5. The van der Waals surface area contributed by atoms with Crippen LogP contribution in [0, 0.1) is 12.8 Å². The van der Waals surface area contributed by atoms with Gasteiger partial charge in [0.25, 0.3) is 0 Å². The van der Waals surface area contributed by atoms with Crippen molar-refractivity contribution in [3.8, 4) is 0 Å². The molecule has 0 fully saturated rings. The molecular formula is C13H23N3O. The predicted molar refractivity (Wildman–Crippen MR) is 68.9 cm³/mol. The molecule has 0 amide bonds. The summed E-state index contributed by atoms with van der Waals surface area (Å²) in [5, 5.41) is 3.39. The van der Waals surface area contributed by atoms with Gasteiger partial charge in [0.15, 0.2) is 0 Å². The van der Waals surface area contributed by atoms with Gasteiger partial charge in [0.1, 0.15) is 5.82 Å². The molecule has 0 aliphatic heterocycles. The summed E-state index contributed by atoms with van der Waals surface area (Å²) in [6.07, 6.45) is 0.773. The molecule has 0 atom stereocenters. The van der Waals surface area contributed by atoms with Crippen LogP contribution < -0.4 is 5.32 Å². The van der Waals surface area contributed by atoms with Crippen molar-refractivity contribution < 1.29 is 4.74 Å². The third-order valence-electron chi connectivity index (χ3n) is 2.34. The summed E-state index contributed by atoms with van der Waals surface area (Å²) in [5.74, 6) is 1.53. The molecule has 0 bridgehead atoms. The van der Waals surface area contributed by atoms with E-state index < -0.39 is 0 Å². The van der Waals surface area contributed by atoms with E-state index in [9.17, 15) is 0 Å². The molecule has 1 N–H and O–H groups in total. The number of aryl methyl sites for hydroxylation is 1. The monoisotopic (exact) mass is 237 g/mol. The SMILES string of the molecule is COCCc1nc(C)cc(CNCC(C)C)n1. The number of hydrogen-bond acceptors (Lipinski definition) is 4. The molecule has 0 aliphatic carbocycles. The van der Waals surface area contributed by atoms with Gasteiger partial charge in [-0.2, -0.15) is 0 Å². The van der Waals surface area contributed by atoms with Gasteiger partial charge in [-0.3, -0.25) is 0 Å². The first kappa shape index (κ1) is 14.1. The van der Waals surface area contributed by atoms with E-state index in [1.165, 1.54) is 0 Å². The molecule has 1 aromatic rings. The number of ether oxygens (including phenoxy) is 1. The van der Waals surface area contributed by atoms with Crippen molar-refractivity contribution in [2.45, 2.75) is 33.7 Å². The Kier molecular flexibility index (Phi) is 6.08. The zero-order chi connectivity index (χ0) is 12.7. The fourth-order valence-corrected chi connectivity index (χ4v) is 1.58. The van der Waals surface area contributed by atoms with E-state index >= 15 is 0 Å². The first-order valence-electron chi connectivity index (χ1n) is 6.15. The van der Waals surface area contributed by atoms with Crippen LogP contribution in [0.15, 0.2) is 6.07 Å². The molecule has 0 aliphatic rings. The van der Waals surface area contributed by atoms with Crippen molar-refractivity contribution in [3.63, 3.8) is 0 Å². The summed E-state index contributed by atoms with van der Waals surface area (Å²) < 4.78 is 5.04. The lowest BCUT2D eigenvalue weighted by atomic mass is 10.2. The van der Waals surface area contributed by atoms with Crippen LogP contribution in [-0.4, -0.2) is 30.2 Å². The Morgan fingerprint density at radius 3 is 2.76 bits per heavy atom. The van der Waals surface area contributed by atoms with Gasteiger partial charge in [-0.05, 0) is 25.5 Å². The Hall–Kier alpha value is -1.00. The minimum atomic E-state index is 0.658. The van der Waals surface area contributed by atoms with E-state index in [1.54, 1.807) is 7.11 Å². The van der Waals surface area contributed by atoms with Gasteiger partial charge in [0.2, 0.25) is 0 Å². The summed E-state index contributed by atoms with van der Waals surface area (Å²) in [6, 6.07) is 2.03. The topological polar surface area (TPSA) is 47.0 Å². The number of hydrogen-bond donors (Lipinski definition) is 1. The normalized spacial score (nSPS) is 11.1. The van der Waals surface area contributed by atoms with E-state index in [-0.39, 0.29) is 0 Å². The van der Waals surface area contributed by atoms with Gasteiger partial charge in [0, 0.05) is 25.8 Å². The third kappa shape index (κ3) is 5.75. The number of rotatable bonds is 7. The van der Waals surface area contributed by atoms with Gasteiger partial charge in [-0.25, -0.2) is 9.97 Å². The van der Waals surface area contributed by atoms with Crippen molar-refractivity contribution in [2.24, 2.45) is 5.92 Å². The van der Waals surface area contributed by atoms with Crippen molar-refractivity contribution in [1.29, 1.82) is 0 Å². The summed E-state index contributed by atoms with van der Waals surface area (Å²) in [5.41, 5.74) is 2.08. The summed E-state index contributed by atoms with van der Waals surface area (Å²) in [7, 11) is 1.70. The smallest absolute Gasteiger partial charge is 0.131 e. The van der Waals surface area contributed by atoms with Crippen molar-refractivity contribution in [2.75, 3.05) is 20.3 Å². The molecule has 1 heterocycles. The minimum Gasteiger partial charge on any atom is -0.384 e. The highest BCUT2D eigenvalue weighted by molar-refractivity contribution is 5.10. The summed E-state index contributed by atoms with van der Waals surface area (Å²) in [6.45, 7) is 8.88. The fourth-order valence-electron chi connectivity index (χ4n) is 1.58. The number of nitrogens with zero attached hydrogens (tertiary/aromatic N) is 2. The van der Waals surface area contributed by atoms with E-state index in [1.807, 2.05) is 13.0 Å². The van der Waals surface area contributed by atoms with Gasteiger partial charge in [0.05, 0.1) is 12.3 Å². The Morgan fingerprint density at radius 1 is 1.35 bits per heavy atom. The maximum Gasteiger partial charge on any atom is 0.131 e. The predicted octanol–water partition coefficient (Wildman–Crippen LogP) is 1.72. The standard InChI is InChI=1S/C13H23N3O/c1-10(2)8-14-9-12-7-11(3)15-13(16-12)5-6-17-4/h7,10,14H,5-6,8-9H2,1-4H3. The molecule has 17 heavy (non-hydrogen) atoms. The van der Waals surface area contributed by atoms with Crippen LogP contribution in [0.5, 0.6) is 0 Å². The van der Waals surface area contributed by atoms with E-state index in [4.69, 9.17) is 4.74 Å². The van der Waals surface area contributed by atoms with Gasteiger partial charge < -0.3 is 10.1 Å². The van der Waals surface area contributed by atoms with Crippen LogP contribution in [0.1, 0.15) is 31.1 Å². The second-order valence-corrected chi connectivity index (χ2v) is 4.68. The number of aromatic nitrogens is 2. The van der Waals surface area contributed by atoms with Gasteiger partial charge in [-0.15, -0.1) is 0 Å². The quantitative estimate of drug-likeness (QED) is 0.784. The van der Waals surface area contributed by atoms with E-state index in [2.05, 4.69) is 29.1 Å². The molecule has 1 aromatic heterocycles. The third-order valence-corrected chi connectivity index (χ3v) is 2.34. The molecule has 1 rings (SSSR count). The Morgan fingerprint density at radius 2 is 2.12 bits per heavy atom. The van der Waals surface area contributed by atoms with Crippen molar-refractivity contribution in [3.05, 3.63) is 23.3 Å². The molecule has 0 saturated carbocycles. The van der Waals surface area contributed by atoms with E-state index in [0.29, 0.717) is 12.5 Å². The first-order chi connectivity index (χ1) is 8.11. The largest absolute Gasteiger partial charge is 0.384 e. The second-order valence-electron chi connectivity index (χ2n) is 4.68. The molecular weight excluding hydrogens is 214 g/mol. The molecule has 96 valence electrons. The molecule has 0 saturated heterocycles. The highest BCUT2D eigenvalue weighted by Crippen LogP contribution is 2.02. The zero-order valence-electron chi connectivity index (χ0n) is 11.3. The van der Waals surface area contributed by atoms with Crippen LogP contribution >= 0.6 is 0 Å². The Labute approximate surface area is 104 Å².